The van der Waals surface area contributed by atoms with Crippen LogP contribution in [0.5, 0.6) is 0 Å². The van der Waals surface area contributed by atoms with E-state index in [1.807, 2.05) is 0 Å². The van der Waals surface area contributed by atoms with Gasteiger partial charge < -0.3 is 19.6 Å². The number of rotatable bonds is 7. The molecule has 1 rings (SSSR count). The average molecular weight is 297 g/mol. The Balaban J connectivity index is 3.03. The van der Waals surface area contributed by atoms with Gasteiger partial charge in [0, 0.05) is 6.42 Å². The normalized spacial score (nSPS) is 10.2. The number of esters is 2. The molecule has 0 radical (unpaired) electrons. The summed E-state index contributed by atoms with van der Waals surface area (Å²) in [5.41, 5.74) is 0.904. The van der Waals surface area contributed by atoms with Gasteiger partial charge in [-0.25, -0.2) is 9.59 Å². The van der Waals surface area contributed by atoms with Crippen molar-refractivity contribution in [1.82, 2.24) is 4.98 Å². The lowest BCUT2D eigenvalue weighted by Crippen LogP contribution is -2.08. The van der Waals surface area contributed by atoms with E-state index in [4.69, 9.17) is 9.47 Å². The maximum absolute atomic E-state index is 11.8. The van der Waals surface area contributed by atoms with Crippen LogP contribution in [0.25, 0.3) is 0 Å². The number of carboxylic acid groups (broad SMARTS) is 1. The van der Waals surface area contributed by atoms with Gasteiger partial charge in [0.1, 0.15) is 11.4 Å². The molecule has 21 heavy (non-hydrogen) atoms. The van der Waals surface area contributed by atoms with Gasteiger partial charge in [-0.3, -0.25) is 4.79 Å². The predicted molar refractivity (Wildman–Crippen MR) is 73.4 cm³/mol. The zero-order valence-electron chi connectivity index (χ0n) is 12.3. The van der Waals surface area contributed by atoms with Crippen molar-refractivity contribution in [2.75, 3.05) is 13.2 Å². The highest BCUT2D eigenvalue weighted by Gasteiger charge is 2.24. The molecule has 7 nitrogen and oxygen atoms in total. The standard InChI is InChI=1S/C14H19NO6/c1-4-20-10(16)7-6-9-8(3)11(14(19)21-5-2)15-12(9)13(17)18/h15H,4-7H2,1-3H3,(H,17,18). The van der Waals surface area contributed by atoms with Gasteiger partial charge in [0.25, 0.3) is 0 Å². The number of aromatic nitrogens is 1. The largest absolute Gasteiger partial charge is 0.477 e. The fourth-order valence-corrected chi connectivity index (χ4v) is 2.00. The summed E-state index contributed by atoms with van der Waals surface area (Å²) < 4.78 is 9.67. The highest BCUT2D eigenvalue weighted by Crippen LogP contribution is 2.21. The van der Waals surface area contributed by atoms with E-state index in [1.165, 1.54) is 0 Å². The Bertz CT molecular complexity index is 546. The third-order valence-corrected chi connectivity index (χ3v) is 2.96. The molecule has 0 aliphatic heterocycles. The molecule has 0 spiro atoms. The van der Waals surface area contributed by atoms with Gasteiger partial charge in [-0.15, -0.1) is 0 Å². The van der Waals surface area contributed by atoms with E-state index < -0.39 is 17.9 Å². The molecule has 0 saturated carbocycles. The van der Waals surface area contributed by atoms with Crippen LogP contribution in [0.1, 0.15) is 52.4 Å². The molecule has 0 fully saturated rings. The highest BCUT2D eigenvalue weighted by atomic mass is 16.5. The molecule has 2 N–H and O–H groups in total. The van der Waals surface area contributed by atoms with Crippen LogP contribution in [-0.2, 0) is 20.7 Å². The first kappa shape index (κ1) is 16.7. The molecule has 0 atom stereocenters. The smallest absolute Gasteiger partial charge is 0.355 e. The van der Waals surface area contributed by atoms with Crippen molar-refractivity contribution >= 4 is 17.9 Å². The average Bonchev–Trinajstić information content (AvgIpc) is 2.74. The number of hydrogen-bond donors (Lipinski definition) is 2. The molecule has 0 unspecified atom stereocenters. The molecule has 0 aromatic carbocycles. The Hall–Kier alpha value is -2.31. The fourth-order valence-electron chi connectivity index (χ4n) is 2.00. The number of aromatic carboxylic acids is 1. The van der Waals surface area contributed by atoms with Crippen LogP contribution in [0.3, 0.4) is 0 Å². The predicted octanol–water partition coefficient (Wildman–Crippen LogP) is 1.69. The summed E-state index contributed by atoms with van der Waals surface area (Å²) in [7, 11) is 0. The second kappa shape index (κ2) is 7.47. The van der Waals surface area contributed by atoms with E-state index in [9.17, 15) is 19.5 Å². The molecule has 1 aromatic rings. The second-order valence-corrected chi connectivity index (χ2v) is 4.31. The Morgan fingerprint density at radius 3 is 2.24 bits per heavy atom. The van der Waals surface area contributed by atoms with Crippen molar-refractivity contribution < 1.29 is 29.0 Å². The minimum atomic E-state index is -1.19. The first-order valence-electron chi connectivity index (χ1n) is 6.69. The summed E-state index contributed by atoms with van der Waals surface area (Å²) in [4.78, 5) is 36.9. The molecule has 0 saturated heterocycles. The molecule has 1 heterocycles. The molecule has 7 heteroatoms. The lowest BCUT2D eigenvalue weighted by Gasteiger charge is -2.04. The minimum absolute atomic E-state index is 0.0507. The van der Waals surface area contributed by atoms with Crippen molar-refractivity contribution in [3.8, 4) is 0 Å². The number of hydrogen-bond acceptors (Lipinski definition) is 5. The number of carbonyl (C=O) groups is 3. The molecular weight excluding hydrogens is 278 g/mol. The summed E-state index contributed by atoms with van der Waals surface area (Å²) >= 11 is 0. The number of carboxylic acids is 1. The summed E-state index contributed by atoms with van der Waals surface area (Å²) in [5.74, 6) is -2.21. The van der Waals surface area contributed by atoms with Crippen LogP contribution >= 0.6 is 0 Å². The lowest BCUT2D eigenvalue weighted by atomic mass is 10.0. The van der Waals surface area contributed by atoms with E-state index in [2.05, 4.69) is 4.98 Å². The first-order valence-corrected chi connectivity index (χ1v) is 6.69. The summed E-state index contributed by atoms with van der Waals surface area (Å²) in [6.45, 7) is 5.44. The molecule has 0 aliphatic carbocycles. The van der Waals surface area contributed by atoms with Gasteiger partial charge in [0.05, 0.1) is 13.2 Å². The zero-order valence-corrected chi connectivity index (χ0v) is 12.3. The van der Waals surface area contributed by atoms with Crippen molar-refractivity contribution in [2.24, 2.45) is 0 Å². The summed E-state index contributed by atoms with van der Waals surface area (Å²) in [6.07, 6.45) is 0.233. The molecule has 116 valence electrons. The number of ether oxygens (including phenoxy) is 2. The third kappa shape index (κ3) is 4.08. The SMILES string of the molecule is CCOC(=O)CCc1c(C(=O)O)[nH]c(C(=O)OCC)c1C. The number of nitrogens with one attached hydrogen (secondary N) is 1. The first-order chi connectivity index (χ1) is 9.92. The Kier molecular flexibility index (Phi) is 5.95. The van der Waals surface area contributed by atoms with Gasteiger partial charge in [-0.2, -0.15) is 0 Å². The van der Waals surface area contributed by atoms with Crippen LogP contribution in [0.2, 0.25) is 0 Å². The van der Waals surface area contributed by atoms with E-state index in [0.29, 0.717) is 11.1 Å². The van der Waals surface area contributed by atoms with Crippen molar-refractivity contribution in [2.45, 2.75) is 33.6 Å². The third-order valence-electron chi connectivity index (χ3n) is 2.96. The van der Waals surface area contributed by atoms with Crippen molar-refractivity contribution in [1.29, 1.82) is 0 Å². The zero-order chi connectivity index (χ0) is 16.0. The van der Waals surface area contributed by atoms with Crippen LogP contribution in [0, 0.1) is 6.92 Å². The summed E-state index contributed by atoms with van der Waals surface area (Å²) in [6, 6.07) is 0. The van der Waals surface area contributed by atoms with Crippen LogP contribution in [0.4, 0.5) is 0 Å². The van der Waals surface area contributed by atoms with E-state index in [0.717, 1.165) is 0 Å². The molecule has 0 amide bonds. The van der Waals surface area contributed by atoms with Crippen LogP contribution in [0.15, 0.2) is 0 Å². The van der Waals surface area contributed by atoms with Gasteiger partial charge in [0.2, 0.25) is 0 Å². The number of carbonyl (C=O) groups excluding carboxylic acids is 2. The Labute approximate surface area is 122 Å². The lowest BCUT2D eigenvalue weighted by molar-refractivity contribution is -0.143. The van der Waals surface area contributed by atoms with E-state index in [1.54, 1.807) is 20.8 Å². The Morgan fingerprint density at radius 1 is 1.10 bits per heavy atom. The second-order valence-electron chi connectivity index (χ2n) is 4.31. The van der Waals surface area contributed by atoms with E-state index in [-0.39, 0.29) is 37.4 Å². The van der Waals surface area contributed by atoms with Crippen molar-refractivity contribution in [3.05, 3.63) is 22.5 Å². The number of aromatic amines is 1. The molecule has 1 aromatic heterocycles. The van der Waals surface area contributed by atoms with Gasteiger partial charge in [-0.05, 0) is 38.3 Å². The fraction of sp³-hybridized carbons (Fsp3) is 0.500. The maximum Gasteiger partial charge on any atom is 0.355 e. The minimum Gasteiger partial charge on any atom is -0.477 e. The van der Waals surface area contributed by atoms with Gasteiger partial charge >= 0.3 is 17.9 Å². The monoisotopic (exact) mass is 297 g/mol. The van der Waals surface area contributed by atoms with Gasteiger partial charge in [0.15, 0.2) is 0 Å². The number of H-pyrrole nitrogens is 1. The molecular formula is C14H19NO6. The molecule has 0 bridgehead atoms. The summed E-state index contributed by atoms with van der Waals surface area (Å²) in [5, 5.41) is 9.18. The molecule has 0 aliphatic rings. The van der Waals surface area contributed by atoms with Gasteiger partial charge in [-0.1, -0.05) is 0 Å². The Morgan fingerprint density at radius 2 is 1.71 bits per heavy atom. The maximum atomic E-state index is 11.8. The van der Waals surface area contributed by atoms with Crippen LogP contribution < -0.4 is 0 Å². The van der Waals surface area contributed by atoms with Crippen molar-refractivity contribution in [3.63, 3.8) is 0 Å². The van der Waals surface area contributed by atoms with Crippen LogP contribution in [-0.4, -0.2) is 41.2 Å². The van der Waals surface area contributed by atoms with E-state index >= 15 is 0 Å². The quantitative estimate of drug-likeness (QED) is 0.742. The topological polar surface area (TPSA) is 106 Å². The highest BCUT2D eigenvalue weighted by molar-refractivity contribution is 5.95.